The first-order valence-electron chi connectivity index (χ1n) is 16.4. The van der Waals surface area contributed by atoms with Crippen molar-refractivity contribution in [2.75, 3.05) is 25.5 Å². The Hall–Kier alpha value is -3.49. The molecular weight excluding hydrogens is 552 g/mol. The predicted octanol–water partition coefficient (Wildman–Crippen LogP) is 4.87. The van der Waals surface area contributed by atoms with E-state index in [1.165, 1.54) is 17.5 Å². The van der Waals surface area contributed by atoms with Crippen LogP contribution >= 0.6 is 0 Å². The molecule has 8 heteroatoms. The largest absolute Gasteiger partial charge is 0.359 e. The van der Waals surface area contributed by atoms with Crippen molar-refractivity contribution >= 4 is 23.4 Å². The number of anilines is 1. The number of benzene rings is 2. The molecule has 8 nitrogen and oxygen atoms in total. The number of nitrogens with zero attached hydrogens (tertiary/aromatic N) is 2. The average Bonchev–Trinajstić information content (AvgIpc) is 3.66. The lowest BCUT2D eigenvalue weighted by atomic mass is 9.74. The Balaban J connectivity index is 1.20. The van der Waals surface area contributed by atoms with Gasteiger partial charge in [-0.1, -0.05) is 87.7 Å². The second-order valence-electron chi connectivity index (χ2n) is 13.4. The monoisotopic (exact) mass is 598 g/mol. The third-order valence-electron chi connectivity index (χ3n) is 9.96. The second kappa shape index (κ2) is 12.9. The number of ether oxygens (including phenoxy) is 1. The SMILES string of the molecule is CC(C)c1ccc(NC(=O)[C@@H]2[C@@H]3C=C[C@]4(O3)[C@@H]2C(=O)N(CCCN(C)Cc2ccccc2)[C@H]4C(=O)NC2CCCCC2)cc1. The van der Waals surface area contributed by atoms with Gasteiger partial charge in [-0.15, -0.1) is 0 Å². The number of amides is 3. The molecule has 6 rings (SSSR count). The summed E-state index contributed by atoms with van der Waals surface area (Å²) in [5.41, 5.74) is 1.97. The Kier molecular flexibility index (Phi) is 8.92. The highest BCUT2D eigenvalue weighted by Gasteiger charge is 2.72. The third kappa shape index (κ3) is 5.94. The molecule has 4 aliphatic rings. The van der Waals surface area contributed by atoms with Gasteiger partial charge in [-0.25, -0.2) is 0 Å². The fourth-order valence-corrected chi connectivity index (χ4v) is 7.70. The molecule has 5 atom stereocenters. The summed E-state index contributed by atoms with van der Waals surface area (Å²) in [4.78, 5) is 46.1. The predicted molar refractivity (Wildman–Crippen MR) is 171 cm³/mol. The van der Waals surface area contributed by atoms with Crippen molar-refractivity contribution in [3.05, 3.63) is 77.9 Å². The summed E-state index contributed by atoms with van der Waals surface area (Å²) >= 11 is 0. The van der Waals surface area contributed by atoms with E-state index in [2.05, 4.69) is 48.6 Å². The van der Waals surface area contributed by atoms with Crippen LogP contribution in [0, 0.1) is 11.8 Å². The third-order valence-corrected chi connectivity index (χ3v) is 9.96. The zero-order valence-electron chi connectivity index (χ0n) is 26.2. The minimum absolute atomic E-state index is 0.108. The van der Waals surface area contributed by atoms with Crippen molar-refractivity contribution in [3.8, 4) is 0 Å². The van der Waals surface area contributed by atoms with E-state index in [-0.39, 0.29) is 23.8 Å². The van der Waals surface area contributed by atoms with Crippen molar-refractivity contribution < 1.29 is 19.1 Å². The molecule has 3 fully saturated rings. The molecule has 0 aromatic heterocycles. The molecule has 1 aliphatic carbocycles. The van der Waals surface area contributed by atoms with E-state index in [0.717, 1.165) is 38.8 Å². The van der Waals surface area contributed by atoms with E-state index in [4.69, 9.17) is 4.74 Å². The van der Waals surface area contributed by atoms with Crippen LogP contribution in [0.2, 0.25) is 0 Å². The van der Waals surface area contributed by atoms with Crippen LogP contribution in [0.3, 0.4) is 0 Å². The van der Waals surface area contributed by atoms with Gasteiger partial charge < -0.3 is 25.2 Å². The van der Waals surface area contributed by atoms with E-state index in [0.29, 0.717) is 24.6 Å². The van der Waals surface area contributed by atoms with Gasteiger partial charge in [-0.2, -0.15) is 0 Å². The number of likely N-dealkylation sites (tertiary alicyclic amines) is 1. The van der Waals surface area contributed by atoms with Crippen molar-refractivity contribution in [2.24, 2.45) is 11.8 Å². The molecule has 3 amide bonds. The summed E-state index contributed by atoms with van der Waals surface area (Å²) in [6.07, 6.45) is 9.23. The molecule has 1 saturated carbocycles. The summed E-state index contributed by atoms with van der Waals surface area (Å²) in [7, 11) is 2.07. The maximum atomic E-state index is 14.3. The van der Waals surface area contributed by atoms with Crippen LogP contribution in [-0.2, 0) is 25.7 Å². The highest BCUT2D eigenvalue weighted by atomic mass is 16.5. The number of rotatable bonds is 11. The first kappa shape index (κ1) is 30.5. The van der Waals surface area contributed by atoms with Crippen LogP contribution in [0.15, 0.2) is 66.7 Å². The molecule has 2 saturated heterocycles. The Bertz CT molecular complexity index is 1370. The highest BCUT2D eigenvalue weighted by molar-refractivity contribution is 6.02. The molecular formula is C36H46N4O4. The average molecular weight is 599 g/mol. The summed E-state index contributed by atoms with van der Waals surface area (Å²) in [6.45, 7) is 6.26. The molecule has 0 radical (unpaired) electrons. The molecule has 1 spiro atoms. The standard InChI is InChI=1S/C36H46N4O4/c1-24(2)26-15-17-28(18-16-26)37-33(41)30-29-19-20-36(44-29)31(30)35(43)40(32(36)34(42)38-27-13-8-5-9-14-27)22-10-21-39(3)23-25-11-6-4-7-12-25/h4,6-7,11-12,15-20,24,27,29-32H,5,8-10,13-14,21-23H2,1-3H3,(H,37,41)(H,38,42)/t29-,30+,31-,32-,36-/m0/s1. The lowest BCUT2D eigenvalue weighted by Gasteiger charge is -2.34. The minimum atomic E-state index is -1.14. The fourth-order valence-electron chi connectivity index (χ4n) is 7.70. The first-order chi connectivity index (χ1) is 21.3. The zero-order valence-corrected chi connectivity index (χ0v) is 26.2. The van der Waals surface area contributed by atoms with Gasteiger partial charge in [0.1, 0.15) is 11.6 Å². The van der Waals surface area contributed by atoms with Crippen molar-refractivity contribution in [1.29, 1.82) is 0 Å². The number of carbonyl (C=O) groups is 3. The lowest BCUT2D eigenvalue weighted by Crippen LogP contribution is -2.56. The second-order valence-corrected chi connectivity index (χ2v) is 13.4. The van der Waals surface area contributed by atoms with Crippen LogP contribution in [0.5, 0.6) is 0 Å². The summed E-state index contributed by atoms with van der Waals surface area (Å²) in [5.74, 6) is -1.62. The number of nitrogens with one attached hydrogen (secondary N) is 2. The van der Waals surface area contributed by atoms with Crippen LogP contribution < -0.4 is 10.6 Å². The van der Waals surface area contributed by atoms with Crippen LogP contribution in [-0.4, -0.2) is 71.4 Å². The molecule has 2 N–H and O–H groups in total. The van der Waals surface area contributed by atoms with Gasteiger partial charge in [0, 0.05) is 24.8 Å². The van der Waals surface area contributed by atoms with Crippen molar-refractivity contribution in [1.82, 2.24) is 15.1 Å². The molecule has 0 unspecified atom stereocenters. The van der Waals surface area contributed by atoms with Gasteiger partial charge in [-0.3, -0.25) is 14.4 Å². The maximum absolute atomic E-state index is 14.3. The molecule has 2 bridgehead atoms. The van der Waals surface area contributed by atoms with Gasteiger partial charge in [0.15, 0.2) is 0 Å². The Labute approximate surface area is 261 Å². The van der Waals surface area contributed by atoms with E-state index in [1.54, 1.807) is 4.90 Å². The summed E-state index contributed by atoms with van der Waals surface area (Å²) in [6, 6.07) is 17.4. The Morgan fingerprint density at radius 3 is 2.45 bits per heavy atom. The number of hydrogen-bond acceptors (Lipinski definition) is 5. The number of hydrogen-bond donors (Lipinski definition) is 2. The van der Waals surface area contributed by atoms with E-state index < -0.39 is 29.6 Å². The van der Waals surface area contributed by atoms with Gasteiger partial charge in [0.25, 0.3) is 0 Å². The molecule has 44 heavy (non-hydrogen) atoms. The van der Waals surface area contributed by atoms with Gasteiger partial charge >= 0.3 is 0 Å². The van der Waals surface area contributed by atoms with Crippen molar-refractivity contribution in [3.63, 3.8) is 0 Å². The highest BCUT2D eigenvalue weighted by Crippen LogP contribution is 2.55. The molecule has 3 heterocycles. The Morgan fingerprint density at radius 1 is 1.02 bits per heavy atom. The topological polar surface area (TPSA) is 91.0 Å². The van der Waals surface area contributed by atoms with Gasteiger partial charge in [0.2, 0.25) is 17.7 Å². The quantitative estimate of drug-likeness (QED) is 0.360. The van der Waals surface area contributed by atoms with Crippen molar-refractivity contribution in [2.45, 2.75) is 88.6 Å². The number of fused-ring (bicyclic) bond motifs is 1. The first-order valence-corrected chi connectivity index (χ1v) is 16.4. The lowest BCUT2D eigenvalue weighted by molar-refractivity contribution is -0.141. The van der Waals surface area contributed by atoms with E-state index in [9.17, 15) is 14.4 Å². The van der Waals surface area contributed by atoms with Crippen LogP contribution in [0.25, 0.3) is 0 Å². The van der Waals surface area contributed by atoms with Gasteiger partial charge in [0.05, 0.1) is 17.9 Å². The van der Waals surface area contributed by atoms with Crippen LogP contribution in [0.1, 0.15) is 69.4 Å². The maximum Gasteiger partial charge on any atom is 0.246 e. The molecule has 234 valence electrons. The van der Waals surface area contributed by atoms with E-state index in [1.807, 2.05) is 54.6 Å². The van der Waals surface area contributed by atoms with Crippen LogP contribution in [0.4, 0.5) is 5.69 Å². The minimum Gasteiger partial charge on any atom is -0.359 e. The molecule has 2 aromatic carbocycles. The summed E-state index contributed by atoms with van der Waals surface area (Å²) in [5, 5.41) is 6.31. The number of carbonyl (C=O) groups excluding carboxylic acids is 3. The fraction of sp³-hybridized carbons (Fsp3) is 0.528. The molecule has 3 aliphatic heterocycles. The molecule has 2 aromatic rings. The normalized spacial score (nSPS) is 27.8. The smallest absolute Gasteiger partial charge is 0.246 e. The van der Waals surface area contributed by atoms with Gasteiger partial charge in [-0.05, 0) is 62.0 Å². The summed E-state index contributed by atoms with van der Waals surface area (Å²) < 4.78 is 6.53. The Morgan fingerprint density at radius 2 is 1.75 bits per heavy atom. The van der Waals surface area contributed by atoms with E-state index >= 15 is 0 Å². The zero-order chi connectivity index (χ0) is 30.8.